The van der Waals surface area contributed by atoms with Gasteiger partial charge in [0.05, 0.1) is 0 Å². The van der Waals surface area contributed by atoms with Gasteiger partial charge in [-0.1, -0.05) is 38.2 Å². The Kier molecular flexibility index (Phi) is 7.03. The van der Waals surface area contributed by atoms with Gasteiger partial charge < -0.3 is 15.3 Å². The van der Waals surface area contributed by atoms with E-state index >= 15 is 0 Å². The van der Waals surface area contributed by atoms with Crippen LogP contribution in [0.25, 0.3) is 0 Å². The van der Waals surface area contributed by atoms with E-state index in [0.717, 1.165) is 44.0 Å². The molecule has 26 heavy (non-hydrogen) atoms. The van der Waals surface area contributed by atoms with Gasteiger partial charge in [-0.15, -0.1) is 0 Å². The van der Waals surface area contributed by atoms with Crippen LogP contribution in [0, 0.1) is 5.92 Å². The van der Waals surface area contributed by atoms with Crippen LogP contribution in [0.2, 0.25) is 0 Å². The second-order valence-corrected chi connectivity index (χ2v) is 7.97. The topological polar surface area (TPSA) is 65.5 Å². The van der Waals surface area contributed by atoms with Crippen molar-refractivity contribution in [2.45, 2.75) is 63.4 Å². The number of amides is 1. The molecule has 5 heteroatoms. The Morgan fingerprint density at radius 1 is 1.23 bits per heavy atom. The molecule has 0 unspecified atom stereocenters. The van der Waals surface area contributed by atoms with Crippen LogP contribution in [0.5, 0.6) is 0 Å². The Balaban J connectivity index is 1.42. The van der Waals surface area contributed by atoms with Gasteiger partial charge in [0.25, 0.3) is 5.91 Å². The lowest BCUT2D eigenvalue weighted by atomic mass is 9.86. The van der Waals surface area contributed by atoms with E-state index in [1.165, 1.54) is 32.1 Å². The number of nitrogens with zero attached hydrogens (tertiary/aromatic N) is 2. The number of aromatic nitrogens is 1. The average Bonchev–Trinajstić information content (AvgIpc) is 2.68. The van der Waals surface area contributed by atoms with Crippen LogP contribution in [-0.2, 0) is 11.2 Å². The molecule has 1 amide bonds. The van der Waals surface area contributed by atoms with Crippen LogP contribution >= 0.6 is 0 Å². The SMILES string of the molecule is O=C1N(CCC2CCCCC2)CCC[C@]1(O)CNCCc1ccccn1. The van der Waals surface area contributed by atoms with Crippen molar-refractivity contribution >= 4 is 5.91 Å². The number of pyridine rings is 1. The highest BCUT2D eigenvalue weighted by atomic mass is 16.3. The van der Waals surface area contributed by atoms with E-state index in [2.05, 4.69) is 10.3 Å². The van der Waals surface area contributed by atoms with Crippen molar-refractivity contribution in [2.24, 2.45) is 5.92 Å². The van der Waals surface area contributed by atoms with Gasteiger partial charge in [-0.05, 0) is 37.3 Å². The number of nitrogens with one attached hydrogen (secondary N) is 1. The van der Waals surface area contributed by atoms with Gasteiger partial charge >= 0.3 is 0 Å². The number of piperidine rings is 1. The summed E-state index contributed by atoms with van der Waals surface area (Å²) in [5.41, 5.74) is -0.217. The fourth-order valence-corrected chi connectivity index (χ4v) is 4.31. The first-order valence-electron chi connectivity index (χ1n) is 10.3. The molecule has 1 aliphatic heterocycles. The summed E-state index contributed by atoms with van der Waals surface area (Å²) in [5.74, 6) is 0.688. The molecule has 2 heterocycles. The smallest absolute Gasteiger partial charge is 0.255 e. The standard InChI is InChI=1S/C21H33N3O2/c25-20-21(26,17-22-14-10-19-9-4-5-13-23-19)12-6-15-24(20)16-11-18-7-2-1-3-8-18/h4-5,9,13,18,22,26H,1-3,6-8,10-12,14-17H2/t21-/m0/s1. The van der Waals surface area contributed by atoms with E-state index in [1.807, 2.05) is 23.1 Å². The van der Waals surface area contributed by atoms with E-state index < -0.39 is 5.60 Å². The van der Waals surface area contributed by atoms with Gasteiger partial charge in [0.1, 0.15) is 0 Å². The number of likely N-dealkylation sites (tertiary alicyclic amines) is 1. The van der Waals surface area contributed by atoms with Crippen molar-refractivity contribution in [3.8, 4) is 0 Å². The molecule has 2 N–H and O–H groups in total. The molecular weight excluding hydrogens is 326 g/mol. The summed E-state index contributed by atoms with van der Waals surface area (Å²) in [6, 6.07) is 5.88. The van der Waals surface area contributed by atoms with Gasteiger partial charge in [0.15, 0.2) is 5.60 Å². The molecule has 1 aromatic rings. The molecule has 5 nitrogen and oxygen atoms in total. The number of carbonyl (C=O) groups is 1. The third-order valence-electron chi connectivity index (χ3n) is 5.94. The summed E-state index contributed by atoms with van der Waals surface area (Å²) in [6.45, 7) is 2.65. The van der Waals surface area contributed by atoms with Gasteiger partial charge in [0.2, 0.25) is 0 Å². The minimum Gasteiger partial charge on any atom is -0.379 e. The normalized spacial score (nSPS) is 24.8. The molecule has 0 bridgehead atoms. The average molecular weight is 360 g/mol. The molecule has 2 aliphatic rings. The van der Waals surface area contributed by atoms with Crippen molar-refractivity contribution in [2.75, 3.05) is 26.2 Å². The molecule has 0 aromatic carbocycles. The van der Waals surface area contributed by atoms with Crippen LogP contribution < -0.4 is 5.32 Å². The molecule has 1 aliphatic carbocycles. The number of rotatable bonds is 8. The number of aliphatic hydroxyl groups is 1. The van der Waals surface area contributed by atoms with Crippen LogP contribution in [0.1, 0.15) is 57.1 Å². The molecule has 1 saturated carbocycles. The van der Waals surface area contributed by atoms with Crippen molar-refractivity contribution in [3.05, 3.63) is 30.1 Å². The maximum Gasteiger partial charge on any atom is 0.255 e. The van der Waals surface area contributed by atoms with Crippen molar-refractivity contribution < 1.29 is 9.90 Å². The Hall–Kier alpha value is -1.46. The largest absolute Gasteiger partial charge is 0.379 e. The maximum atomic E-state index is 12.8. The monoisotopic (exact) mass is 359 g/mol. The zero-order chi connectivity index (χ0) is 18.2. The molecule has 1 aromatic heterocycles. The first-order valence-corrected chi connectivity index (χ1v) is 10.3. The first kappa shape index (κ1) is 19.3. The summed E-state index contributed by atoms with van der Waals surface area (Å²) in [5, 5.41) is 14.1. The summed E-state index contributed by atoms with van der Waals surface area (Å²) >= 11 is 0. The van der Waals surface area contributed by atoms with Crippen LogP contribution in [0.3, 0.4) is 0 Å². The van der Waals surface area contributed by atoms with Gasteiger partial charge in [0, 0.05) is 44.5 Å². The zero-order valence-electron chi connectivity index (χ0n) is 15.8. The molecule has 3 rings (SSSR count). The van der Waals surface area contributed by atoms with E-state index in [1.54, 1.807) is 6.20 Å². The second kappa shape index (κ2) is 9.47. The highest BCUT2D eigenvalue weighted by Crippen LogP contribution is 2.28. The highest BCUT2D eigenvalue weighted by Gasteiger charge is 2.41. The summed E-state index contributed by atoms with van der Waals surface area (Å²) < 4.78 is 0. The van der Waals surface area contributed by atoms with E-state index in [9.17, 15) is 9.90 Å². The van der Waals surface area contributed by atoms with E-state index in [0.29, 0.717) is 19.5 Å². The van der Waals surface area contributed by atoms with Crippen molar-refractivity contribution in [3.63, 3.8) is 0 Å². The molecule has 144 valence electrons. The molecule has 0 spiro atoms. The molecule has 1 saturated heterocycles. The summed E-state index contributed by atoms with van der Waals surface area (Å²) in [4.78, 5) is 19.0. The van der Waals surface area contributed by atoms with Crippen molar-refractivity contribution in [1.29, 1.82) is 0 Å². The van der Waals surface area contributed by atoms with Crippen LogP contribution in [-0.4, -0.2) is 52.7 Å². The fraction of sp³-hybridized carbons (Fsp3) is 0.714. The Morgan fingerprint density at radius 3 is 2.85 bits per heavy atom. The number of hydrogen-bond acceptors (Lipinski definition) is 4. The fourth-order valence-electron chi connectivity index (χ4n) is 4.31. The lowest BCUT2D eigenvalue weighted by Gasteiger charge is -2.39. The van der Waals surface area contributed by atoms with Gasteiger partial charge in [-0.3, -0.25) is 9.78 Å². The summed E-state index contributed by atoms with van der Waals surface area (Å²) in [6.07, 6.45) is 11.8. The number of hydrogen-bond donors (Lipinski definition) is 2. The number of carbonyl (C=O) groups excluding carboxylic acids is 1. The van der Waals surface area contributed by atoms with Gasteiger partial charge in [-0.2, -0.15) is 0 Å². The molecule has 0 radical (unpaired) electrons. The minimum absolute atomic E-state index is 0.0788. The van der Waals surface area contributed by atoms with Gasteiger partial charge in [-0.25, -0.2) is 0 Å². The molecular formula is C21H33N3O2. The third kappa shape index (κ3) is 5.27. The second-order valence-electron chi connectivity index (χ2n) is 7.97. The van der Waals surface area contributed by atoms with Crippen LogP contribution in [0.15, 0.2) is 24.4 Å². The summed E-state index contributed by atoms with van der Waals surface area (Å²) in [7, 11) is 0. The first-order chi connectivity index (χ1) is 12.7. The van der Waals surface area contributed by atoms with Crippen LogP contribution in [0.4, 0.5) is 0 Å². The zero-order valence-corrected chi connectivity index (χ0v) is 15.8. The predicted molar refractivity (Wildman–Crippen MR) is 103 cm³/mol. The van der Waals surface area contributed by atoms with E-state index in [-0.39, 0.29) is 5.91 Å². The Labute approximate surface area is 157 Å². The predicted octanol–water partition coefficient (Wildman–Crippen LogP) is 2.54. The quantitative estimate of drug-likeness (QED) is 0.700. The lowest BCUT2D eigenvalue weighted by Crippen LogP contribution is -2.58. The molecule has 2 fully saturated rings. The Bertz CT molecular complexity index is 560. The highest BCUT2D eigenvalue weighted by molar-refractivity contribution is 5.86. The third-order valence-corrected chi connectivity index (χ3v) is 5.94. The maximum absolute atomic E-state index is 12.8. The minimum atomic E-state index is -1.24. The van der Waals surface area contributed by atoms with Crippen molar-refractivity contribution in [1.82, 2.24) is 15.2 Å². The lowest BCUT2D eigenvalue weighted by molar-refractivity contribution is -0.156. The molecule has 1 atom stereocenters. The Morgan fingerprint density at radius 2 is 2.08 bits per heavy atom. The van der Waals surface area contributed by atoms with E-state index in [4.69, 9.17) is 0 Å².